The summed E-state index contributed by atoms with van der Waals surface area (Å²) in [5, 5.41) is 11.4. The minimum Gasteiger partial charge on any atom is -0.326 e. The number of amides is 3. The smallest absolute Gasteiger partial charge is 0.326 e. The van der Waals surface area contributed by atoms with Gasteiger partial charge in [-0.25, -0.2) is 14.8 Å². The lowest BCUT2D eigenvalue weighted by molar-refractivity contribution is -0.787. The molecular formula is C29H29F3N7O3+. The van der Waals surface area contributed by atoms with Gasteiger partial charge in [0.15, 0.2) is 6.04 Å². The molecule has 1 saturated carbocycles. The van der Waals surface area contributed by atoms with Gasteiger partial charge in [-0.3, -0.25) is 14.6 Å². The standard InChI is InChI=1S/C29H28F3N7O3/c1-18-5-2-3-6-19(18)10-26(40)35-23-11-22(29(30,31)32)12-24(13-23)36-28(41)37-27-16-39(38-42-27)25-8-4-7-20(9-25)21-14-33-17-34-15-21/h2-3,5-6,11-17,20,25H,4,7-10H2,1H3,(H2-,35,36,37,38,40,41)/p+1/t20-,25+/m1/s1. The number of nitrogens with zero attached hydrogens (tertiary/aromatic N) is 4. The molecule has 2 aromatic carbocycles. The van der Waals surface area contributed by atoms with Gasteiger partial charge in [0.1, 0.15) is 6.33 Å². The maximum Gasteiger partial charge on any atom is 0.416 e. The van der Waals surface area contributed by atoms with Gasteiger partial charge in [-0.05, 0) is 65.3 Å². The van der Waals surface area contributed by atoms with Crippen molar-refractivity contribution in [2.75, 3.05) is 16.0 Å². The molecule has 4 aromatic rings. The Kier molecular flexibility index (Phi) is 8.46. The normalized spacial score (nSPS) is 17.0. The molecule has 0 bridgehead atoms. The number of carbonyl (C=O) groups is 2. The number of anilines is 3. The van der Waals surface area contributed by atoms with E-state index >= 15 is 0 Å². The first-order valence-electron chi connectivity index (χ1n) is 13.4. The van der Waals surface area contributed by atoms with Gasteiger partial charge in [-0.1, -0.05) is 24.3 Å². The minimum absolute atomic E-state index is 0.0153. The first-order valence-corrected chi connectivity index (χ1v) is 13.4. The zero-order valence-electron chi connectivity index (χ0n) is 22.7. The quantitative estimate of drug-likeness (QED) is 0.237. The molecule has 0 unspecified atom stereocenters. The van der Waals surface area contributed by atoms with Crippen LogP contribution < -0.4 is 20.6 Å². The predicted molar refractivity (Wildman–Crippen MR) is 147 cm³/mol. The first-order chi connectivity index (χ1) is 20.1. The van der Waals surface area contributed by atoms with Crippen LogP contribution in [0.1, 0.15) is 59.9 Å². The summed E-state index contributed by atoms with van der Waals surface area (Å²) in [6.45, 7) is 1.84. The van der Waals surface area contributed by atoms with E-state index in [9.17, 15) is 22.8 Å². The summed E-state index contributed by atoms with van der Waals surface area (Å²) >= 11 is 0. The molecule has 0 radical (unpaired) electrons. The highest BCUT2D eigenvalue weighted by Crippen LogP contribution is 2.36. The Bertz CT molecular complexity index is 1560. The molecule has 5 rings (SSSR count). The molecule has 13 heteroatoms. The second-order valence-electron chi connectivity index (χ2n) is 10.3. The number of urea groups is 1. The van der Waals surface area contributed by atoms with Crippen LogP contribution >= 0.6 is 0 Å². The van der Waals surface area contributed by atoms with E-state index in [0.717, 1.165) is 54.5 Å². The molecule has 3 amide bonds. The van der Waals surface area contributed by atoms with Gasteiger partial charge in [0.2, 0.25) is 11.2 Å². The fraction of sp³-hybridized carbons (Fsp3) is 0.310. The van der Waals surface area contributed by atoms with E-state index in [1.807, 2.05) is 19.1 Å². The number of aromatic nitrogens is 4. The fourth-order valence-corrected chi connectivity index (χ4v) is 5.11. The molecule has 1 aliphatic carbocycles. The Morgan fingerprint density at radius 3 is 2.50 bits per heavy atom. The van der Waals surface area contributed by atoms with Crippen molar-refractivity contribution in [2.45, 2.75) is 57.2 Å². The Morgan fingerprint density at radius 1 is 1.02 bits per heavy atom. The molecule has 0 spiro atoms. The molecule has 2 heterocycles. The Labute approximate surface area is 239 Å². The summed E-state index contributed by atoms with van der Waals surface area (Å²) in [4.78, 5) is 33.5. The molecule has 0 aliphatic heterocycles. The molecule has 2 aromatic heterocycles. The molecule has 3 N–H and O–H groups in total. The lowest BCUT2D eigenvalue weighted by Crippen LogP contribution is -2.42. The van der Waals surface area contributed by atoms with Gasteiger partial charge < -0.3 is 10.6 Å². The highest BCUT2D eigenvalue weighted by atomic mass is 19.4. The third-order valence-electron chi connectivity index (χ3n) is 7.21. The first kappa shape index (κ1) is 28.7. The van der Waals surface area contributed by atoms with Crippen molar-refractivity contribution in [2.24, 2.45) is 0 Å². The highest BCUT2D eigenvalue weighted by Gasteiger charge is 2.33. The zero-order valence-corrected chi connectivity index (χ0v) is 22.7. The van der Waals surface area contributed by atoms with Crippen molar-refractivity contribution < 1.29 is 32.0 Å². The Morgan fingerprint density at radius 2 is 1.76 bits per heavy atom. The lowest BCUT2D eigenvalue weighted by atomic mass is 9.82. The van der Waals surface area contributed by atoms with E-state index in [-0.39, 0.29) is 35.6 Å². The summed E-state index contributed by atoms with van der Waals surface area (Å²) in [7, 11) is 0. The molecular weight excluding hydrogens is 551 g/mol. The minimum atomic E-state index is -4.70. The van der Waals surface area contributed by atoms with Crippen molar-refractivity contribution in [3.63, 3.8) is 0 Å². The Balaban J connectivity index is 1.24. The molecule has 10 nitrogen and oxygen atoms in total. The molecule has 2 atom stereocenters. The summed E-state index contributed by atoms with van der Waals surface area (Å²) in [6.07, 6.45) is 5.55. The third-order valence-corrected chi connectivity index (χ3v) is 7.21. The third kappa shape index (κ3) is 7.28. The molecule has 218 valence electrons. The molecule has 0 saturated heterocycles. The van der Waals surface area contributed by atoms with Crippen LogP contribution in [0, 0.1) is 6.92 Å². The van der Waals surface area contributed by atoms with E-state index in [1.165, 1.54) is 18.6 Å². The maximum absolute atomic E-state index is 13.6. The van der Waals surface area contributed by atoms with Gasteiger partial charge in [-0.15, -0.1) is 0 Å². The van der Waals surface area contributed by atoms with Crippen molar-refractivity contribution in [3.8, 4) is 0 Å². The SMILES string of the molecule is Cc1ccccc1CC(=O)Nc1cc(NC(=O)Nc2c[n+]([C@H]3CCC[C@@H](c4cncnc4)C3)no2)cc(C(F)(F)F)c1. The van der Waals surface area contributed by atoms with E-state index in [4.69, 9.17) is 4.52 Å². The number of halogens is 3. The van der Waals surface area contributed by atoms with E-state index in [1.54, 1.807) is 29.2 Å². The van der Waals surface area contributed by atoms with Crippen LogP contribution in [0.2, 0.25) is 0 Å². The summed E-state index contributed by atoms with van der Waals surface area (Å²) in [5.74, 6) is -0.201. The molecule has 1 aliphatic rings. The topological polar surface area (TPSA) is 126 Å². The van der Waals surface area contributed by atoms with Crippen LogP contribution in [0.15, 0.2) is 71.9 Å². The van der Waals surface area contributed by atoms with Crippen LogP contribution in [0.3, 0.4) is 0 Å². The van der Waals surface area contributed by atoms with Crippen LogP contribution in [-0.2, 0) is 17.4 Å². The van der Waals surface area contributed by atoms with E-state index in [0.29, 0.717) is 0 Å². The van der Waals surface area contributed by atoms with Crippen LogP contribution in [0.5, 0.6) is 0 Å². The van der Waals surface area contributed by atoms with E-state index < -0.39 is 23.7 Å². The predicted octanol–water partition coefficient (Wildman–Crippen LogP) is 5.80. The molecule has 1 fully saturated rings. The molecule has 42 heavy (non-hydrogen) atoms. The Hall–Kier alpha value is -4.81. The van der Waals surface area contributed by atoms with Gasteiger partial charge >= 0.3 is 18.1 Å². The number of benzene rings is 2. The van der Waals surface area contributed by atoms with Crippen molar-refractivity contribution >= 4 is 29.2 Å². The van der Waals surface area contributed by atoms with Crippen LogP contribution in [-0.4, -0.2) is 27.2 Å². The number of rotatable bonds is 7. The number of aryl methyl sites for hydroxylation is 1. The second kappa shape index (κ2) is 12.4. The largest absolute Gasteiger partial charge is 0.416 e. The monoisotopic (exact) mass is 580 g/mol. The number of carbonyl (C=O) groups excluding carboxylic acids is 2. The van der Waals surface area contributed by atoms with Crippen LogP contribution in [0.25, 0.3) is 0 Å². The van der Waals surface area contributed by atoms with Gasteiger partial charge in [0.05, 0.1) is 12.0 Å². The van der Waals surface area contributed by atoms with Crippen LogP contribution in [0.4, 0.5) is 35.2 Å². The average Bonchev–Trinajstić information content (AvgIpc) is 3.42. The number of hydrogen-bond donors (Lipinski definition) is 3. The number of hydrogen-bond acceptors (Lipinski definition) is 6. The van der Waals surface area contributed by atoms with E-state index in [2.05, 4.69) is 31.2 Å². The average molecular weight is 581 g/mol. The second-order valence-corrected chi connectivity index (χ2v) is 10.3. The van der Waals surface area contributed by atoms with Gasteiger partial charge in [0, 0.05) is 36.6 Å². The maximum atomic E-state index is 13.6. The summed E-state index contributed by atoms with van der Waals surface area (Å²) in [6, 6.07) is 9.27. The number of nitrogens with one attached hydrogen (secondary N) is 3. The zero-order chi connectivity index (χ0) is 29.7. The number of alkyl halides is 3. The van der Waals surface area contributed by atoms with Gasteiger partial charge in [-0.2, -0.15) is 13.2 Å². The highest BCUT2D eigenvalue weighted by molar-refractivity contribution is 6.00. The van der Waals surface area contributed by atoms with Gasteiger partial charge in [0.25, 0.3) is 6.20 Å². The van der Waals surface area contributed by atoms with Crippen molar-refractivity contribution in [3.05, 3.63) is 89.6 Å². The summed E-state index contributed by atoms with van der Waals surface area (Å²) < 4.78 is 47.7. The van der Waals surface area contributed by atoms with Crippen molar-refractivity contribution in [1.82, 2.24) is 15.2 Å². The fourth-order valence-electron chi connectivity index (χ4n) is 5.11. The summed E-state index contributed by atoms with van der Waals surface area (Å²) in [5.41, 5.74) is 1.39. The lowest BCUT2D eigenvalue weighted by Gasteiger charge is -2.23. The van der Waals surface area contributed by atoms with Crippen molar-refractivity contribution in [1.29, 1.82) is 0 Å².